The quantitative estimate of drug-likeness (QED) is 0.623. The number of rotatable bonds is 6. The van der Waals surface area contributed by atoms with Crippen LogP contribution >= 0.6 is 34.2 Å². The van der Waals surface area contributed by atoms with Crippen LogP contribution < -0.4 is 5.32 Å². The lowest BCUT2D eigenvalue weighted by atomic mass is 9.98. The molecule has 0 aliphatic rings. The molecule has 0 saturated carbocycles. The number of hydrogen-bond donors (Lipinski definition) is 1. The summed E-state index contributed by atoms with van der Waals surface area (Å²) in [6.45, 7) is 3.08. The van der Waals surface area contributed by atoms with E-state index in [1.165, 1.54) is 21.3 Å². The van der Waals surface area contributed by atoms with Gasteiger partial charge in [-0.2, -0.15) is 0 Å². The second-order valence-electron chi connectivity index (χ2n) is 5.00. The fraction of sp³-hybridized carbons (Fsp3) is 0.294. The Morgan fingerprint density at radius 3 is 2.52 bits per heavy atom. The zero-order valence-electron chi connectivity index (χ0n) is 11.9. The molecule has 4 heteroatoms. The summed E-state index contributed by atoms with van der Waals surface area (Å²) in [6, 6.07) is 13.3. The maximum atomic E-state index is 13.2. The molecule has 1 nitrogen and oxygen atoms in total. The Kier molecular flexibility index (Phi) is 6.45. The monoisotopic (exact) mass is 417 g/mol. The highest BCUT2D eigenvalue weighted by Gasteiger charge is 2.13. The molecular weight excluding hydrogens is 400 g/mol. The van der Waals surface area contributed by atoms with Gasteiger partial charge in [0, 0.05) is 14.6 Å². The van der Waals surface area contributed by atoms with Crippen molar-refractivity contribution in [3.63, 3.8) is 0 Å². The molecule has 1 unspecified atom stereocenters. The number of benzene rings is 2. The molecular formula is C17H18ClFIN. The Hall–Kier alpha value is -0.650. The Morgan fingerprint density at radius 2 is 1.90 bits per heavy atom. The zero-order chi connectivity index (χ0) is 15.2. The molecule has 1 atom stereocenters. The van der Waals surface area contributed by atoms with Crippen LogP contribution in [0, 0.1) is 9.39 Å². The van der Waals surface area contributed by atoms with Gasteiger partial charge < -0.3 is 5.32 Å². The summed E-state index contributed by atoms with van der Waals surface area (Å²) in [6.07, 6.45) is 1.82. The van der Waals surface area contributed by atoms with Crippen molar-refractivity contribution in [3.8, 4) is 0 Å². The molecule has 0 bridgehead atoms. The molecule has 0 fully saturated rings. The van der Waals surface area contributed by atoms with E-state index < -0.39 is 0 Å². The third kappa shape index (κ3) is 4.94. The minimum Gasteiger partial charge on any atom is -0.310 e. The minimum absolute atomic E-state index is 0.185. The van der Waals surface area contributed by atoms with Crippen molar-refractivity contribution in [3.05, 3.63) is 68.0 Å². The summed E-state index contributed by atoms with van der Waals surface area (Å²) in [5, 5.41) is 4.03. The molecule has 2 aromatic rings. The van der Waals surface area contributed by atoms with Crippen LogP contribution in [0.25, 0.3) is 0 Å². The van der Waals surface area contributed by atoms with Crippen LogP contribution in [-0.4, -0.2) is 6.54 Å². The number of halogens is 3. The van der Waals surface area contributed by atoms with E-state index in [1.807, 2.05) is 0 Å². The van der Waals surface area contributed by atoms with Gasteiger partial charge in [-0.05, 0) is 77.4 Å². The van der Waals surface area contributed by atoms with E-state index in [4.69, 9.17) is 11.6 Å². The lowest BCUT2D eigenvalue weighted by Gasteiger charge is -2.20. The average molecular weight is 418 g/mol. The van der Waals surface area contributed by atoms with Crippen molar-refractivity contribution < 1.29 is 4.39 Å². The summed E-state index contributed by atoms with van der Waals surface area (Å²) in [5.41, 5.74) is 2.19. The van der Waals surface area contributed by atoms with Crippen molar-refractivity contribution >= 4 is 34.2 Å². The van der Waals surface area contributed by atoms with Gasteiger partial charge in [0.15, 0.2) is 0 Å². The molecule has 2 aromatic carbocycles. The van der Waals surface area contributed by atoms with E-state index in [9.17, 15) is 4.39 Å². The van der Waals surface area contributed by atoms with Gasteiger partial charge in [-0.15, -0.1) is 0 Å². The highest BCUT2D eigenvalue weighted by Crippen LogP contribution is 2.25. The Morgan fingerprint density at radius 1 is 1.19 bits per heavy atom. The van der Waals surface area contributed by atoms with Crippen LogP contribution in [0.3, 0.4) is 0 Å². The minimum atomic E-state index is -0.295. The van der Waals surface area contributed by atoms with Crippen LogP contribution in [0.1, 0.15) is 30.5 Å². The van der Waals surface area contributed by atoms with Crippen molar-refractivity contribution in [1.29, 1.82) is 0 Å². The van der Waals surface area contributed by atoms with Gasteiger partial charge in [0.25, 0.3) is 0 Å². The molecule has 21 heavy (non-hydrogen) atoms. The van der Waals surface area contributed by atoms with Gasteiger partial charge in [-0.3, -0.25) is 0 Å². The molecule has 0 saturated heterocycles. The van der Waals surface area contributed by atoms with E-state index in [2.05, 4.69) is 59.1 Å². The van der Waals surface area contributed by atoms with Crippen LogP contribution in [0.5, 0.6) is 0 Å². The summed E-state index contributed by atoms with van der Waals surface area (Å²) in [4.78, 5) is 0. The summed E-state index contributed by atoms with van der Waals surface area (Å²) >= 11 is 8.45. The van der Waals surface area contributed by atoms with Crippen LogP contribution in [0.2, 0.25) is 5.02 Å². The first-order valence-electron chi connectivity index (χ1n) is 7.03. The summed E-state index contributed by atoms with van der Waals surface area (Å²) in [7, 11) is 0. The van der Waals surface area contributed by atoms with Crippen LogP contribution in [-0.2, 0) is 6.42 Å². The SMILES string of the molecule is CCCNC(Cc1ccc(F)cc1Cl)c1ccc(I)cc1. The lowest BCUT2D eigenvalue weighted by Crippen LogP contribution is -2.24. The maximum absolute atomic E-state index is 13.2. The first-order valence-corrected chi connectivity index (χ1v) is 8.48. The van der Waals surface area contributed by atoms with E-state index in [0.717, 1.165) is 24.9 Å². The van der Waals surface area contributed by atoms with Gasteiger partial charge in [0.2, 0.25) is 0 Å². The third-order valence-electron chi connectivity index (χ3n) is 3.35. The van der Waals surface area contributed by atoms with Crippen molar-refractivity contribution in [2.45, 2.75) is 25.8 Å². The molecule has 0 heterocycles. The Balaban J connectivity index is 2.21. The fourth-order valence-corrected chi connectivity index (χ4v) is 2.83. The number of hydrogen-bond acceptors (Lipinski definition) is 1. The summed E-state index contributed by atoms with van der Waals surface area (Å²) < 4.78 is 14.4. The first kappa shape index (κ1) is 16.7. The number of nitrogens with one attached hydrogen (secondary N) is 1. The Labute approximate surface area is 144 Å². The van der Waals surface area contributed by atoms with Crippen LogP contribution in [0.15, 0.2) is 42.5 Å². The molecule has 0 aliphatic heterocycles. The maximum Gasteiger partial charge on any atom is 0.124 e. The van der Waals surface area contributed by atoms with Gasteiger partial charge in [-0.25, -0.2) is 4.39 Å². The van der Waals surface area contributed by atoms with Crippen molar-refractivity contribution in [2.24, 2.45) is 0 Å². The van der Waals surface area contributed by atoms with Gasteiger partial charge >= 0.3 is 0 Å². The van der Waals surface area contributed by atoms with Gasteiger partial charge in [0.05, 0.1) is 0 Å². The second kappa shape index (κ2) is 8.11. The normalized spacial score (nSPS) is 12.4. The molecule has 0 amide bonds. The van der Waals surface area contributed by atoms with Gasteiger partial charge in [0.1, 0.15) is 5.82 Å². The molecule has 0 spiro atoms. The van der Waals surface area contributed by atoms with E-state index in [-0.39, 0.29) is 11.9 Å². The zero-order valence-corrected chi connectivity index (χ0v) is 14.8. The molecule has 2 rings (SSSR count). The van der Waals surface area contributed by atoms with E-state index in [0.29, 0.717) is 5.02 Å². The van der Waals surface area contributed by atoms with Crippen molar-refractivity contribution in [1.82, 2.24) is 5.32 Å². The highest BCUT2D eigenvalue weighted by atomic mass is 127. The molecule has 0 radical (unpaired) electrons. The van der Waals surface area contributed by atoms with Gasteiger partial charge in [-0.1, -0.05) is 36.7 Å². The summed E-state index contributed by atoms with van der Waals surface area (Å²) in [5.74, 6) is -0.295. The van der Waals surface area contributed by atoms with E-state index >= 15 is 0 Å². The van der Waals surface area contributed by atoms with Crippen molar-refractivity contribution in [2.75, 3.05) is 6.54 Å². The van der Waals surface area contributed by atoms with E-state index in [1.54, 1.807) is 6.07 Å². The predicted molar refractivity (Wildman–Crippen MR) is 95.3 cm³/mol. The Bertz CT molecular complexity index is 586. The van der Waals surface area contributed by atoms with Crippen LogP contribution in [0.4, 0.5) is 4.39 Å². The first-order chi connectivity index (χ1) is 10.1. The fourth-order valence-electron chi connectivity index (χ4n) is 2.23. The molecule has 112 valence electrons. The highest BCUT2D eigenvalue weighted by molar-refractivity contribution is 14.1. The molecule has 0 aromatic heterocycles. The standard InChI is InChI=1S/C17H18ClFIN/c1-2-9-21-17(12-4-7-15(20)8-5-12)10-13-3-6-14(19)11-16(13)18/h3-8,11,17,21H,2,9-10H2,1H3. The molecule has 0 aliphatic carbocycles. The molecule has 1 N–H and O–H groups in total. The third-order valence-corrected chi connectivity index (χ3v) is 4.42. The smallest absolute Gasteiger partial charge is 0.124 e. The topological polar surface area (TPSA) is 12.0 Å². The second-order valence-corrected chi connectivity index (χ2v) is 6.65. The lowest BCUT2D eigenvalue weighted by molar-refractivity contribution is 0.528. The predicted octanol–water partition coefficient (Wildman–Crippen LogP) is 5.37. The average Bonchev–Trinajstić information content (AvgIpc) is 2.46. The largest absolute Gasteiger partial charge is 0.310 e.